The van der Waals surface area contributed by atoms with Crippen LogP contribution in [-0.4, -0.2) is 31.6 Å². The lowest BCUT2D eigenvalue weighted by Crippen LogP contribution is -2.10. The number of methoxy groups -OCH3 is 1. The summed E-state index contributed by atoms with van der Waals surface area (Å²) in [6, 6.07) is 3.96. The molecule has 7 heteroatoms. The fourth-order valence-corrected chi connectivity index (χ4v) is 2.56. The molecule has 3 rings (SSSR count). The Balaban J connectivity index is 2.21. The number of pyridine rings is 1. The molecular weight excluding hydrogens is 290 g/mol. The fourth-order valence-electron chi connectivity index (χ4n) is 2.37. The van der Waals surface area contributed by atoms with E-state index in [1.165, 1.54) is 6.33 Å². The standard InChI is InChI=1S/C14H14ClN5O/c1-9(10-3-5-16-6-4-10)20-11(7-15)19-12-13(20)17-8-18-14(12)21-2/h3-6,8-9H,7H2,1-2H3. The molecule has 0 N–H and O–H groups in total. The maximum Gasteiger partial charge on any atom is 0.245 e. The van der Waals surface area contributed by atoms with Gasteiger partial charge < -0.3 is 9.30 Å². The van der Waals surface area contributed by atoms with Crippen molar-refractivity contribution in [2.45, 2.75) is 18.8 Å². The summed E-state index contributed by atoms with van der Waals surface area (Å²) in [6.45, 7) is 2.07. The number of fused-ring (bicyclic) bond motifs is 1. The molecule has 21 heavy (non-hydrogen) atoms. The highest BCUT2D eigenvalue weighted by molar-refractivity contribution is 6.16. The average Bonchev–Trinajstić information content (AvgIpc) is 2.93. The van der Waals surface area contributed by atoms with Crippen molar-refractivity contribution in [3.05, 3.63) is 42.2 Å². The van der Waals surface area contributed by atoms with Crippen molar-refractivity contribution in [1.82, 2.24) is 24.5 Å². The zero-order valence-corrected chi connectivity index (χ0v) is 12.4. The first-order chi connectivity index (χ1) is 10.3. The van der Waals surface area contributed by atoms with E-state index in [2.05, 4.69) is 26.9 Å². The molecule has 3 aromatic rings. The largest absolute Gasteiger partial charge is 0.479 e. The summed E-state index contributed by atoms with van der Waals surface area (Å²) in [5.74, 6) is 1.47. The van der Waals surface area contributed by atoms with Gasteiger partial charge in [-0.05, 0) is 24.6 Å². The first-order valence-electron chi connectivity index (χ1n) is 6.48. The molecule has 0 saturated heterocycles. The first kappa shape index (κ1) is 13.8. The Morgan fingerprint density at radius 3 is 2.71 bits per heavy atom. The number of ether oxygens (including phenoxy) is 1. The van der Waals surface area contributed by atoms with E-state index in [4.69, 9.17) is 16.3 Å². The molecule has 0 aliphatic heterocycles. The van der Waals surface area contributed by atoms with E-state index in [9.17, 15) is 0 Å². The van der Waals surface area contributed by atoms with Gasteiger partial charge in [0.15, 0.2) is 11.2 Å². The lowest BCUT2D eigenvalue weighted by Gasteiger charge is -2.16. The molecule has 1 atom stereocenters. The van der Waals surface area contributed by atoms with Gasteiger partial charge in [0, 0.05) is 12.4 Å². The topological polar surface area (TPSA) is 65.7 Å². The second kappa shape index (κ2) is 5.65. The predicted molar refractivity (Wildman–Crippen MR) is 79.5 cm³/mol. The predicted octanol–water partition coefficient (Wildman–Crippen LogP) is 2.58. The summed E-state index contributed by atoms with van der Waals surface area (Å²) < 4.78 is 7.25. The van der Waals surface area contributed by atoms with E-state index in [1.54, 1.807) is 19.5 Å². The highest BCUT2D eigenvalue weighted by Gasteiger charge is 2.20. The van der Waals surface area contributed by atoms with Crippen LogP contribution >= 0.6 is 11.6 Å². The van der Waals surface area contributed by atoms with Crippen molar-refractivity contribution in [2.75, 3.05) is 7.11 Å². The van der Waals surface area contributed by atoms with Crippen molar-refractivity contribution in [2.24, 2.45) is 0 Å². The van der Waals surface area contributed by atoms with Gasteiger partial charge in [0.25, 0.3) is 0 Å². The van der Waals surface area contributed by atoms with Crippen molar-refractivity contribution in [3.8, 4) is 5.88 Å². The van der Waals surface area contributed by atoms with Crippen LogP contribution in [0.3, 0.4) is 0 Å². The van der Waals surface area contributed by atoms with Crippen LogP contribution in [0.2, 0.25) is 0 Å². The summed E-state index contributed by atoms with van der Waals surface area (Å²) in [5, 5.41) is 0. The molecule has 3 aromatic heterocycles. The summed E-state index contributed by atoms with van der Waals surface area (Å²) >= 11 is 6.05. The number of alkyl halides is 1. The maximum atomic E-state index is 6.05. The molecule has 1 unspecified atom stereocenters. The van der Waals surface area contributed by atoms with E-state index in [1.807, 2.05) is 16.7 Å². The maximum absolute atomic E-state index is 6.05. The van der Waals surface area contributed by atoms with Crippen molar-refractivity contribution in [1.29, 1.82) is 0 Å². The fraction of sp³-hybridized carbons (Fsp3) is 0.286. The Hall–Kier alpha value is -2.21. The third-order valence-electron chi connectivity index (χ3n) is 3.41. The average molecular weight is 304 g/mol. The summed E-state index contributed by atoms with van der Waals surface area (Å²) in [6.07, 6.45) is 5.00. The Bertz CT molecular complexity index is 759. The molecule has 3 heterocycles. The van der Waals surface area contributed by atoms with E-state index < -0.39 is 0 Å². The Morgan fingerprint density at radius 2 is 2.05 bits per heavy atom. The van der Waals surface area contributed by atoms with E-state index in [-0.39, 0.29) is 11.9 Å². The van der Waals surface area contributed by atoms with Gasteiger partial charge >= 0.3 is 0 Å². The number of imidazole rings is 1. The first-order valence-corrected chi connectivity index (χ1v) is 7.01. The monoisotopic (exact) mass is 303 g/mol. The van der Waals surface area contributed by atoms with Crippen LogP contribution in [0.5, 0.6) is 5.88 Å². The minimum Gasteiger partial charge on any atom is -0.479 e. The van der Waals surface area contributed by atoms with Gasteiger partial charge in [-0.3, -0.25) is 4.98 Å². The highest BCUT2D eigenvalue weighted by atomic mass is 35.5. The third-order valence-corrected chi connectivity index (χ3v) is 3.64. The van der Waals surface area contributed by atoms with E-state index >= 15 is 0 Å². The molecule has 0 saturated carbocycles. The second-order valence-electron chi connectivity index (χ2n) is 4.54. The molecule has 0 bridgehead atoms. The van der Waals surface area contributed by atoms with Gasteiger partial charge in [-0.1, -0.05) is 0 Å². The van der Waals surface area contributed by atoms with Crippen LogP contribution < -0.4 is 4.74 Å². The van der Waals surface area contributed by atoms with Gasteiger partial charge in [-0.25, -0.2) is 9.97 Å². The number of aromatic nitrogens is 5. The van der Waals surface area contributed by atoms with Crippen LogP contribution in [0.4, 0.5) is 0 Å². The van der Waals surface area contributed by atoms with E-state index in [0.29, 0.717) is 17.0 Å². The van der Waals surface area contributed by atoms with Gasteiger partial charge in [0.1, 0.15) is 12.2 Å². The number of nitrogens with zero attached hydrogens (tertiary/aromatic N) is 5. The molecule has 0 aliphatic rings. The lowest BCUT2D eigenvalue weighted by molar-refractivity contribution is 0.401. The molecule has 0 aromatic carbocycles. The molecule has 0 aliphatic carbocycles. The number of rotatable bonds is 4. The minimum atomic E-state index is 0.0337. The van der Waals surface area contributed by atoms with Gasteiger partial charge in [-0.2, -0.15) is 4.98 Å². The van der Waals surface area contributed by atoms with Gasteiger partial charge in [0.2, 0.25) is 5.88 Å². The van der Waals surface area contributed by atoms with Crippen LogP contribution in [0.25, 0.3) is 11.2 Å². The molecule has 0 amide bonds. The zero-order valence-electron chi connectivity index (χ0n) is 11.7. The minimum absolute atomic E-state index is 0.0337. The molecule has 6 nitrogen and oxygen atoms in total. The van der Waals surface area contributed by atoms with Crippen LogP contribution in [0.1, 0.15) is 24.4 Å². The normalized spacial score (nSPS) is 12.5. The second-order valence-corrected chi connectivity index (χ2v) is 4.81. The van der Waals surface area contributed by atoms with Crippen LogP contribution in [0, 0.1) is 0 Å². The molecule has 0 fully saturated rings. The van der Waals surface area contributed by atoms with Crippen LogP contribution in [0.15, 0.2) is 30.9 Å². The van der Waals surface area contributed by atoms with Crippen molar-refractivity contribution >= 4 is 22.8 Å². The lowest BCUT2D eigenvalue weighted by atomic mass is 10.1. The zero-order chi connectivity index (χ0) is 14.8. The van der Waals surface area contributed by atoms with Crippen molar-refractivity contribution < 1.29 is 4.74 Å². The highest BCUT2D eigenvalue weighted by Crippen LogP contribution is 2.28. The van der Waals surface area contributed by atoms with Gasteiger partial charge in [0.05, 0.1) is 19.0 Å². The Morgan fingerprint density at radius 1 is 1.29 bits per heavy atom. The summed E-state index contributed by atoms with van der Waals surface area (Å²) in [7, 11) is 1.56. The summed E-state index contributed by atoms with van der Waals surface area (Å²) in [5.41, 5.74) is 2.44. The molecular formula is C14H14ClN5O. The number of halogens is 1. The Kier molecular flexibility index (Phi) is 3.70. The molecule has 0 spiro atoms. The Labute approximate surface area is 126 Å². The quantitative estimate of drug-likeness (QED) is 0.693. The van der Waals surface area contributed by atoms with E-state index in [0.717, 1.165) is 11.4 Å². The number of hydrogen-bond acceptors (Lipinski definition) is 5. The summed E-state index contributed by atoms with van der Waals surface area (Å²) in [4.78, 5) is 17.0. The number of hydrogen-bond donors (Lipinski definition) is 0. The van der Waals surface area contributed by atoms with Gasteiger partial charge in [-0.15, -0.1) is 11.6 Å². The molecule has 0 radical (unpaired) electrons. The van der Waals surface area contributed by atoms with Crippen LogP contribution in [-0.2, 0) is 5.88 Å². The van der Waals surface area contributed by atoms with Crippen molar-refractivity contribution in [3.63, 3.8) is 0 Å². The molecule has 108 valence electrons. The SMILES string of the molecule is COc1ncnc2c1nc(CCl)n2C(C)c1ccncc1. The smallest absolute Gasteiger partial charge is 0.245 e. The third kappa shape index (κ3) is 2.31.